The van der Waals surface area contributed by atoms with E-state index < -0.39 is 20.9 Å². The van der Waals surface area contributed by atoms with Gasteiger partial charge in [-0.3, -0.25) is 0 Å². The maximum atomic E-state index is 11.4. The maximum absolute atomic E-state index is 11.4. The molecule has 0 unspecified atom stereocenters. The third-order valence-corrected chi connectivity index (χ3v) is 5.67. The predicted octanol–water partition coefficient (Wildman–Crippen LogP) is 2.74. The van der Waals surface area contributed by atoms with Gasteiger partial charge in [0.25, 0.3) is 0 Å². The average Bonchev–Trinajstić information content (AvgIpc) is 2.51. The van der Waals surface area contributed by atoms with Gasteiger partial charge in [0.1, 0.15) is 0 Å². The zero-order valence-corrected chi connectivity index (χ0v) is 15.3. The molecule has 10 heteroatoms. The van der Waals surface area contributed by atoms with Crippen molar-refractivity contribution in [3.05, 3.63) is 0 Å². The van der Waals surface area contributed by atoms with E-state index in [4.69, 9.17) is 13.3 Å². The number of urea groups is 1. The summed E-state index contributed by atoms with van der Waals surface area (Å²) in [5.74, 6) is 0. The predicted molar refractivity (Wildman–Crippen MR) is 85.3 cm³/mol. The molecule has 0 aromatic carbocycles. The first-order chi connectivity index (χ1) is 11.0. The van der Waals surface area contributed by atoms with E-state index in [0.29, 0.717) is 38.8 Å². The van der Waals surface area contributed by atoms with Crippen LogP contribution in [0.15, 0.2) is 10.2 Å². The second kappa shape index (κ2) is 13.1. The van der Waals surface area contributed by atoms with Crippen molar-refractivity contribution >= 4 is 20.9 Å². The minimum atomic E-state index is -2.69. The second-order valence-electron chi connectivity index (χ2n) is 4.22. The molecule has 23 heavy (non-hydrogen) atoms. The molecule has 0 aliphatic rings. The lowest BCUT2D eigenvalue weighted by molar-refractivity contribution is 0.0708. The van der Waals surface area contributed by atoms with Gasteiger partial charge in [0.05, 0.1) is 6.61 Å². The summed E-state index contributed by atoms with van der Waals surface area (Å²) in [6.45, 7) is 9.34. The summed E-state index contributed by atoms with van der Waals surface area (Å²) < 4.78 is 21.6. The van der Waals surface area contributed by atoms with Crippen molar-refractivity contribution in [3.8, 4) is 0 Å². The van der Waals surface area contributed by atoms with E-state index in [0.717, 1.165) is 0 Å². The molecular weight excluding hydrogens is 322 g/mol. The van der Waals surface area contributed by atoms with Crippen LogP contribution in [0.25, 0.3) is 0 Å². The number of ether oxygens (including phenoxy) is 1. The Labute approximate surface area is 138 Å². The molecule has 0 saturated carbocycles. The van der Waals surface area contributed by atoms with E-state index in [1.54, 1.807) is 6.92 Å². The third-order valence-electron chi connectivity index (χ3n) is 2.52. The van der Waals surface area contributed by atoms with Crippen molar-refractivity contribution in [2.45, 2.75) is 40.2 Å². The molecule has 0 aliphatic heterocycles. The van der Waals surface area contributed by atoms with E-state index in [9.17, 15) is 9.59 Å². The standard InChI is InChI=1S/C13H27N3O6Si/c1-5-19-13(18)16-15-12(17)14-10-9-11-23(20-6-2,21-7-3)22-8-4/h5-11H2,1-4H3,(H,14,17). The Hall–Kier alpha value is -1.36. The summed E-state index contributed by atoms with van der Waals surface area (Å²) in [4.78, 5) is 22.3. The Balaban J connectivity index is 4.23. The molecule has 0 heterocycles. The van der Waals surface area contributed by atoms with Crippen LogP contribution < -0.4 is 5.32 Å². The van der Waals surface area contributed by atoms with Gasteiger partial charge in [-0.2, -0.15) is 0 Å². The summed E-state index contributed by atoms with van der Waals surface area (Å²) in [5, 5.41) is 8.85. The Morgan fingerprint density at radius 2 is 1.48 bits per heavy atom. The number of rotatable bonds is 11. The van der Waals surface area contributed by atoms with E-state index in [1.165, 1.54) is 0 Å². The molecule has 0 aliphatic carbocycles. The van der Waals surface area contributed by atoms with E-state index in [1.807, 2.05) is 20.8 Å². The molecule has 0 radical (unpaired) electrons. The first-order valence-corrected chi connectivity index (χ1v) is 9.74. The van der Waals surface area contributed by atoms with E-state index in [-0.39, 0.29) is 6.61 Å². The summed E-state index contributed by atoms with van der Waals surface area (Å²) in [6.07, 6.45) is -0.287. The van der Waals surface area contributed by atoms with Crippen molar-refractivity contribution in [1.82, 2.24) is 5.32 Å². The lowest BCUT2D eigenvalue weighted by Crippen LogP contribution is -2.46. The number of carbonyl (C=O) groups is 2. The monoisotopic (exact) mass is 349 g/mol. The molecule has 0 rings (SSSR count). The number of hydrogen-bond acceptors (Lipinski definition) is 6. The van der Waals surface area contributed by atoms with Crippen LogP contribution in [0, 0.1) is 0 Å². The van der Waals surface area contributed by atoms with Crippen LogP contribution in [0.4, 0.5) is 9.59 Å². The lowest BCUT2D eigenvalue weighted by Gasteiger charge is -2.28. The zero-order chi connectivity index (χ0) is 17.6. The van der Waals surface area contributed by atoms with Crippen LogP contribution in [0.3, 0.4) is 0 Å². The summed E-state index contributed by atoms with van der Waals surface area (Å²) in [5.41, 5.74) is 0. The molecule has 0 fully saturated rings. The summed E-state index contributed by atoms with van der Waals surface area (Å²) >= 11 is 0. The first-order valence-electron chi connectivity index (χ1n) is 7.81. The SMILES string of the molecule is CCOC(=O)N=NC(=O)NCCC[Si](OCC)(OCC)OCC. The van der Waals surface area contributed by atoms with Gasteiger partial charge in [-0.25, -0.2) is 9.59 Å². The molecule has 3 amide bonds. The quantitative estimate of drug-likeness (QED) is 0.349. The third kappa shape index (κ3) is 10.1. The van der Waals surface area contributed by atoms with Crippen LogP contribution >= 0.6 is 0 Å². The summed E-state index contributed by atoms with van der Waals surface area (Å²) in [6, 6.07) is -0.118. The molecule has 9 nitrogen and oxygen atoms in total. The Kier molecular flexibility index (Phi) is 12.3. The highest BCUT2D eigenvalue weighted by Crippen LogP contribution is 2.17. The molecule has 0 spiro atoms. The van der Waals surface area contributed by atoms with Crippen LogP contribution in [-0.4, -0.2) is 53.9 Å². The fourth-order valence-corrected chi connectivity index (χ4v) is 4.39. The number of carbonyl (C=O) groups excluding carboxylic acids is 2. The van der Waals surface area contributed by atoms with Gasteiger partial charge in [-0.1, -0.05) is 10.2 Å². The highest BCUT2D eigenvalue weighted by Gasteiger charge is 2.39. The van der Waals surface area contributed by atoms with E-state index in [2.05, 4.69) is 20.3 Å². The molecule has 0 bridgehead atoms. The molecular formula is C13H27N3O6Si. The molecule has 0 aromatic heterocycles. The van der Waals surface area contributed by atoms with Crippen LogP contribution in [0.2, 0.25) is 6.04 Å². The topological polar surface area (TPSA) is 108 Å². The van der Waals surface area contributed by atoms with Crippen molar-refractivity contribution in [2.75, 3.05) is 33.0 Å². The summed E-state index contributed by atoms with van der Waals surface area (Å²) in [7, 11) is -2.69. The van der Waals surface area contributed by atoms with Gasteiger partial charge >= 0.3 is 20.9 Å². The van der Waals surface area contributed by atoms with Crippen LogP contribution in [0.5, 0.6) is 0 Å². The normalized spacial score (nSPS) is 11.7. The molecule has 0 atom stereocenters. The van der Waals surface area contributed by atoms with Gasteiger partial charge in [0, 0.05) is 32.4 Å². The molecule has 1 N–H and O–H groups in total. The number of nitrogens with zero attached hydrogens (tertiary/aromatic N) is 2. The van der Waals surface area contributed by atoms with Crippen molar-refractivity contribution < 1.29 is 27.6 Å². The zero-order valence-electron chi connectivity index (χ0n) is 14.3. The Morgan fingerprint density at radius 1 is 0.913 bits per heavy atom. The highest BCUT2D eigenvalue weighted by molar-refractivity contribution is 6.60. The Bertz CT molecular complexity index is 364. The van der Waals surface area contributed by atoms with Crippen molar-refractivity contribution in [2.24, 2.45) is 10.2 Å². The molecule has 0 aromatic rings. The van der Waals surface area contributed by atoms with Crippen molar-refractivity contribution in [3.63, 3.8) is 0 Å². The fourth-order valence-electron chi connectivity index (χ4n) is 1.78. The van der Waals surface area contributed by atoms with Crippen LogP contribution in [0.1, 0.15) is 34.1 Å². The van der Waals surface area contributed by atoms with Gasteiger partial charge < -0.3 is 23.3 Å². The fraction of sp³-hybridized carbons (Fsp3) is 0.846. The highest BCUT2D eigenvalue weighted by atomic mass is 28.4. The van der Waals surface area contributed by atoms with E-state index >= 15 is 0 Å². The van der Waals surface area contributed by atoms with Crippen LogP contribution in [-0.2, 0) is 18.0 Å². The van der Waals surface area contributed by atoms with Crippen molar-refractivity contribution in [1.29, 1.82) is 0 Å². The average molecular weight is 349 g/mol. The van der Waals surface area contributed by atoms with Gasteiger partial charge in [0.15, 0.2) is 0 Å². The first kappa shape index (κ1) is 21.6. The Morgan fingerprint density at radius 3 is 1.96 bits per heavy atom. The maximum Gasteiger partial charge on any atom is 0.500 e. The number of azo groups is 1. The van der Waals surface area contributed by atoms with Gasteiger partial charge in [0.2, 0.25) is 0 Å². The minimum absolute atomic E-state index is 0.179. The lowest BCUT2D eigenvalue weighted by atomic mass is 10.5. The number of hydrogen-bond donors (Lipinski definition) is 1. The van der Waals surface area contributed by atoms with Gasteiger partial charge in [-0.15, -0.1) is 0 Å². The molecule has 134 valence electrons. The van der Waals surface area contributed by atoms with Gasteiger partial charge in [-0.05, 0) is 34.1 Å². The second-order valence-corrected chi connectivity index (χ2v) is 6.95. The minimum Gasteiger partial charge on any atom is -0.447 e. The molecule has 0 saturated heterocycles. The largest absolute Gasteiger partial charge is 0.500 e. The smallest absolute Gasteiger partial charge is 0.447 e. The number of amides is 3. The number of nitrogens with one attached hydrogen (secondary N) is 1.